The number of halogens is 2. The molecule has 0 saturated carbocycles. The molecule has 0 heterocycles. The van der Waals surface area contributed by atoms with Gasteiger partial charge in [-0.2, -0.15) is 0 Å². The number of hydrogen-bond donors (Lipinski definition) is 1. The Morgan fingerprint density at radius 1 is 1.28 bits per heavy atom. The summed E-state index contributed by atoms with van der Waals surface area (Å²) in [7, 11) is 1.62. The van der Waals surface area contributed by atoms with Crippen LogP contribution in [0.25, 0.3) is 0 Å². The Labute approximate surface area is 156 Å². The van der Waals surface area contributed by atoms with Crippen molar-refractivity contribution in [3.63, 3.8) is 0 Å². The zero-order chi connectivity index (χ0) is 18.2. The van der Waals surface area contributed by atoms with Gasteiger partial charge in [0.15, 0.2) is 0 Å². The Morgan fingerprint density at radius 2 is 2.00 bits per heavy atom. The van der Waals surface area contributed by atoms with E-state index in [1.807, 2.05) is 31.2 Å². The molecule has 0 saturated heterocycles. The number of carbonyl (C=O) groups is 1. The van der Waals surface area contributed by atoms with Crippen LogP contribution in [0.5, 0.6) is 5.75 Å². The maximum absolute atomic E-state index is 13.7. The molecular weight excluding hydrogens is 361 g/mol. The highest BCUT2D eigenvalue weighted by Crippen LogP contribution is 2.22. The lowest BCUT2D eigenvalue weighted by molar-refractivity contribution is -0.119. The summed E-state index contributed by atoms with van der Waals surface area (Å²) in [5.41, 5.74) is 1.58. The van der Waals surface area contributed by atoms with E-state index in [0.29, 0.717) is 16.3 Å². The predicted octanol–water partition coefficient (Wildman–Crippen LogP) is 4.99. The average molecular weight is 382 g/mol. The molecule has 0 spiro atoms. The second-order valence-electron chi connectivity index (χ2n) is 5.53. The van der Waals surface area contributed by atoms with Crippen molar-refractivity contribution in [3.8, 4) is 5.75 Å². The highest BCUT2D eigenvalue weighted by atomic mass is 35.5. The van der Waals surface area contributed by atoms with E-state index in [1.54, 1.807) is 19.2 Å². The summed E-state index contributed by atoms with van der Waals surface area (Å²) in [4.78, 5) is 12.2. The Kier molecular flexibility index (Phi) is 7.59. The molecule has 3 nitrogen and oxygen atoms in total. The molecule has 1 unspecified atom stereocenters. The molecule has 6 heteroatoms. The van der Waals surface area contributed by atoms with Gasteiger partial charge in [0.1, 0.15) is 11.6 Å². The average Bonchev–Trinajstić information content (AvgIpc) is 2.61. The molecule has 25 heavy (non-hydrogen) atoms. The molecule has 2 aromatic carbocycles. The lowest BCUT2D eigenvalue weighted by Crippen LogP contribution is -2.29. The van der Waals surface area contributed by atoms with E-state index in [-0.39, 0.29) is 23.5 Å². The zero-order valence-corrected chi connectivity index (χ0v) is 15.8. The SMILES string of the molecule is CCC(NC(=O)CSCc1ccc(Cl)cc1F)c1ccc(OC)cc1. The quantitative estimate of drug-likeness (QED) is 0.700. The molecule has 2 rings (SSSR count). The number of carbonyl (C=O) groups excluding carboxylic acids is 1. The van der Waals surface area contributed by atoms with Crippen LogP contribution in [0.1, 0.15) is 30.5 Å². The smallest absolute Gasteiger partial charge is 0.230 e. The van der Waals surface area contributed by atoms with Gasteiger partial charge in [-0.3, -0.25) is 4.79 Å². The van der Waals surface area contributed by atoms with E-state index >= 15 is 0 Å². The van der Waals surface area contributed by atoms with E-state index in [0.717, 1.165) is 17.7 Å². The van der Waals surface area contributed by atoms with Gasteiger partial charge in [-0.25, -0.2) is 4.39 Å². The van der Waals surface area contributed by atoms with Gasteiger partial charge in [0.25, 0.3) is 0 Å². The van der Waals surface area contributed by atoms with E-state index in [4.69, 9.17) is 16.3 Å². The van der Waals surface area contributed by atoms with Gasteiger partial charge in [-0.05, 0) is 41.8 Å². The molecule has 2 aromatic rings. The standard InChI is InChI=1S/C19H21ClFNO2S/c1-3-18(13-5-8-16(24-2)9-6-13)22-19(23)12-25-11-14-4-7-15(20)10-17(14)21/h4-10,18H,3,11-12H2,1-2H3,(H,22,23). The van der Waals surface area contributed by atoms with Crippen molar-refractivity contribution in [2.75, 3.05) is 12.9 Å². The molecule has 0 aromatic heterocycles. The predicted molar refractivity (Wildman–Crippen MR) is 102 cm³/mol. The van der Waals surface area contributed by atoms with Crippen molar-refractivity contribution in [2.24, 2.45) is 0 Å². The summed E-state index contributed by atoms with van der Waals surface area (Å²) in [5.74, 6) is 1.07. The van der Waals surface area contributed by atoms with Crippen molar-refractivity contribution in [1.29, 1.82) is 0 Å². The van der Waals surface area contributed by atoms with Crippen LogP contribution in [0.3, 0.4) is 0 Å². The van der Waals surface area contributed by atoms with Crippen molar-refractivity contribution in [3.05, 3.63) is 64.4 Å². The van der Waals surface area contributed by atoms with Crippen LogP contribution in [-0.2, 0) is 10.5 Å². The summed E-state index contributed by atoms with van der Waals surface area (Å²) in [6.07, 6.45) is 0.786. The van der Waals surface area contributed by atoms with Gasteiger partial charge in [-0.1, -0.05) is 36.7 Å². The first-order chi connectivity index (χ1) is 12.0. The van der Waals surface area contributed by atoms with E-state index < -0.39 is 0 Å². The van der Waals surface area contributed by atoms with Crippen LogP contribution in [-0.4, -0.2) is 18.8 Å². The molecule has 0 bridgehead atoms. The molecule has 0 fully saturated rings. The van der Waals surface area contributed by atoms with Gasteiger partial charge in [0.05, 0.1) is 18.9 Å². The lowest BCUT2D eigenvalue weighted by atomic mass is 10.0. The van der Waals surface area contributed by atoms with Gasteiger partial charge in [0.2, 0.25) is 5.91 Å². The maximum Gasteiger partial charge on any atom is 0.230 e. The number of nitrogens with one attached hydrogen (secondary N) is 1. The second kappa shape index (κ2) is 9.68. The van der Waals surface area contributed by atoms with Gasteiger partial charge < -0.3 is 10.1 Å². The fourth-order valence-corrected chi connectivity index (χ4v) is 3.37. The Balaban J connectivity index is 1.85. The number of rotatable bonds is 8. The van der Waals surface area contributed by atoms with E-state index in [2.05, 4.69) is 5.32 Å². The third kappa shape index (κ3) is 5.94. The molecule has 0 aliphatic carbocycles. The van der Waals surface area contributed by atoms with Crippen LogP contribution >= 0.6 is 23.4 Å². The molecule has 0 aliphatic heterocycles. The molecule has 1 N–H and O–H groups in total. The first kappa shape index (κ1) is 19.6. The fraction of sp³-hybridized carbons (Fsp3) is 0.316. The normalized spacial score (nSPS) is 11.8. The highest BCUT2D eigenvalue weighted by Gasteiger charge is 2.13. The molecule has 0 aliphatic rings. The Hall–Kier alpha value is -1.72. The Morgan fingerprint density at radius 3 is 2.60 bits per heavy atom. The number of amides is 1. The summed E-state index contributed by atoms with van der Waals surface area (Å²) in [5, 5.41) is 3.38. The summed E-state index contributed by atoms with van der Waals surface area (Å²) in [6, 6.07) is 12.2. The first-order valence-corrected chi connectivity index (χ1v) is 9.51. The number of methoxy groups -OCH3 is 1. The van der Waals surface area contributed by atoms with E-state index in [1.165, 1.54) is 17.8 Å². The minimum atomic E-state index is -0.343. The number of benzene rings is 2. The third-order valence-corrected chi connectivity index (χ3v) is 4.98. The van der Waals surface area contributed by atoms with E-state index in [9.17, 15) is 9.18 Å². The summed E-state index contributed by atoms with van der Waals surface area (Å²) < 4.78 is 18.9. The molecule has 1 amide bonds. The lowest BCUT2D eigenvalue weighted by Gasteiger charge is -2.17. The van der Waals surface area contributed by atoms with Crippen LogP contribution in [0.4, 0.5) is 4.39 Å². The minimum absolute atomic E-state index is 0.0497. The van der Waals surface area contributed by atoms with Crippen molar-refractivity contribution in [2.45, 2.75) is 25.1 Å². The maximum atomic E-state index is 13.7. The number of ether oxygens (including phenoxy) is 1. The summed E-state index contributed by atoms with van der Waals surface area (Å²) >= 11 is 7.11. The largest absolute Gasteiger partial charge is 0.497 e. The topological polar surface area (TPSA) is 38.3 Å². The molecular formula is C19H21ClFNO2S. The second-order valence-corrected chi connectivity index (χ2v) is 6.95. The Bertz CT molecular complexity index is 709. The third-order valence-electron chi connectivity index (χ3n) is 3.77. The monoisotopic (exact) mass is 381 g/mol. The highest BCUT2D eigenvalue weighted by molar-refractivity contribution is 7.99. The van der Waals surface area contributed by atoms with Crippen LogP contribution in [0.15, 0.2) is 42.5 Å². The number of thioether (sulfide) groups is 1. The van der Waals surface area contributed by atoms with Crippen molar-refractivity contribution in [1.82, 2.24) is 5.32 Å². The van der Waals surface area contributed by atoms with Gasteiger partial charge in [0, 0.05) is 10.8 Å². The zero-order valence-electron chi connectivity index (χ0n) is 14.2. The molecule has 134 valence electrons. The van der Waals surface area contributed by atoms with Crippen molar-refractivity contribution < 1.29 is 13.9 Å². The molecule has 1 atom stereocenters. The van der Waals surface area contributed by atoms with Gasteiger partial charge in [-0.15, -0.1) is 11.8 Å². The summed E-state index contributed by atoms with van der Waals surface area (Å²) in [6.45, 7) is 2.02. The van der Waals surface area contributed by atoms with Gasteiger partial charge >= 0.3 is 0 Å². The molecule has 0 radical (unpaired) electrons. The van der Waals surface area contributed by atoms with Crippen LogP contribution in [0.2, 0.25) is 5.02 Å². The van der Waals surface area contributed by atoms with Crippen LogP contribution in [0, 0.1) is 5.82 Å². The van der Waals surface area contributed by atoms with Crippen LogP contribution < -0.4 is 10.1 Å². The van der Waals surface area contributed by atoms with Crippen molar-refractivity contribution >= 4 is 29.3 Å². The minimum Gasteiger partial charge on any atom is -0.497 e. The first-order valence-electron chi connectivity index (χ1n) is 7.98. The fourth-order valence-electron chi connectivity index (χ4n) is 2.39. The number of hydrogen-bond acceptors (Lipinski definition) is 3.